The van der Waals surface area contributed by atoms with Crippen LogP contribution in [0.5, 0.6) is 0 Å². The molecule has 6 nitrogen and oxygen atoms in total. The third kappa shape index (κ3) is 57.1. The summed E-state index contributed by atoms with van der Waals surface area (Å²) in [7, 11) is 0. The van der Waals surface area contributed by atoms with E-state index in [9.17, 15) is 14.4 Å². The maximum Gasteiger partial charge on any atom is 0.306 e. The Bertz CT molecular complexity index is 1410. The second-order valence-corrected chi connectivity index (χ2v) is 19.5. The van der Waals surface area contributed by atoms with Gasteiger partial charge in [0.1, 0.15) is 13.2 Å². The molecular formula is C65H110O6. The fourth-order valence-electron chi connectivity index (χ4n) is 8.08. The molecular weight excluding hydrogens is 877 g/mol. The van der Waals surface area contributed by atoms with Crippen molar-refractivity contribution in [2.24, 2.45) is 0 Å². The lowest BCUT2D eigenvalue weighted by Gasteiger charge is -2.18. The topological polar surface area (TPSA) is 78.9 Å². The molecule has 0 N–H and O–H groups in total. The van der Waals surface area contributed by atoms with Crippen LogP contribution in [0.15, 0.2) is 97.2 Å². The van der Waals surface area contributed by atoms with Crippen molar-refractivity contribution in [3.63, 3.8) is 0 Å². The van der Waals surface area contributed by atoms with E-state index in [1.807, 2.05) is 0 Å². The van der Waals surface area contributed by atoms with Gasteiger partial charge in [-0.1, -0.05) is 234 Å². The molecule has 0 unspecified atom stereocenters. The van der Waals surface area contributed by atoms with Crippen molar-refractivity contribution in [2.75, 3.05) is 13.2 Å². The number of hydrogen-bond donors (Lipinski definition) is 0. The molecule has 0 saturated heterocycles. The summed E-state index contributed by atoms with van der Waals surface area (Å²) >= 11 is 0. The van der Waals surface area contributed by atoms with Gasteiger partial charge in [-0.2, -0.15) is 0 Å². The van der Waals surface area contributed by atoms with Crippen LogP contribution in [0.4, 0.5) is 0 Å². The lowest BCUT2D eigenvalue weighted by molar-refractivity contribution is -0.167. The zero-order valence-electron chi connectivity index (χ0n) is 46.5. The Morgan fingerprint density at radius 3 is 0.901 bits per heavy atom. The van der Waals surface area contributed by atoms with Crippen LogP contribution in [0.25, 0.3) is 0 Å². The molecule has 0 aromatic rings. The molecule has 1 atom stereocenters. The van der Waals surface area contributed by atoms with Gasteiger partial charge in [-0.25, -0.2) is 0 Å². The van der Waals surface area contributed by atoms with E-state index in [2.05, 4.69) is 118 Å². The number of carbonyl (C=O) groups excluding carboxylic acids is 3. The van der Waals surface area contributed by atoms with Gasteiger partial charge in [-0.3, -0.25) is 14.4 Å². The van der Waals surface area contributed by atoms with Crippen molar-refractivity contribution in [1.82, 2.24) is 0 Å². The average molecular weight is 988 g/mol. The maximum absolute atomic E-state index is 12.9. The molecule has 0 spiro atoms. The highest BCUT2D eigenvalue weighted by atomic mass is 16.6. The summed E-state index contributed by atoms with van der Waals surface area (Å²) in [6, 6.07) is 0. The largest absolute Gasteiger partial charge is 0.462 e. The third-order valence-corrected chi connectivity index (χ3v) is 12.5. The van der Waals surface area contributed by atoms with E-state index in [1.165, 1.54) is 116 Å². The highest BCUT2D eigenvalue weighted by molar-refractivity contribution is 5.71. The summed E-state index contributed by atoms with van der Waals surface area (Å²) in [4.78, 5) is 38.2. The summed E-state index contributed by atoms with van der Waals surface area (Å²) in [5, 5.41) is 0. The number of unbranched alkanes of at least 4 members (excludes halogenated alkanes) is 26. The standard InChI is InChI=1S/C65H110O6/c1-4-7-10-13-16-19-22-25-28-31-32-35-37-40-43-46-49-52-55-58-64(67)70-61-62(71-65(68)59-56-53-50-47-44-41-38-34-30-27-24-21-18-15-12-9-6-3)60-69-63(66)57-54-51-48-45-42-39-36-33-29-26-23-20-17-14-11-8-5-2/h8,11,17-18,20-21,25-30,36,38-39,41,62H,4-7,9-10,12-16,19,22-24,31-35,37,40,42-61H2,1-3H3/b11-8-,20-17-,21-18-,28-25-,29-26-,30-27-,39-36-,41-38-/t62-/m1/s1. The smallest absolute Gasteiger partial charge is 0.306 e. The molecule has 71 heavy (non-hydrogen) atoms. The average Bonchev–Trinajstić information content (AvgIpc) is 3.37. The molecule has 0 aromatic heterocycles. The fraction of sp³-hybridized carbons (Fsp3) is 0.708. The van der Waals surface area contributed by atoms with E-state index < -0.39 is 6.10 Å². The van der Waals surface area contributed by atoms with Gasteiger partial charge in [0.05, 0.1) is 0 Å². The molecule has 406 valence electrons. The van der Waals surface area contributed by atoms with Crippen molar-refractivity contribution in [2.45, 2.75) is 284 Å². The van der Waals surface area contributed by atoms with E-state index in [0.29, 0.717) is 19.3 Å². The summed E-state index contributed by atoms with van der Waals surface area (Å²) in [5.74, 6) is -0.939. The molecule has 0 fully saturated rings. The van der Waals surface area contributed by atoms with Crippen molar-refractivity contribution in [1.29, 1.82) is 0 Å². The Kier molecular flexibility index (Phi) is 55.9. The van der Waals surface area contributed by atoms with Crippen molar-refractivity contribution in [3.05, 3.63) is 97.2 Å². The first-order chi connectivity index (χ1) is 35.0. The van der Waals surface area contributed by atoms with Crippen LogP contribution in [0.1, 0.15) is 278 Å². The van der Waals surface area contributed by atoms with E-state index in [4.69, 9.17) is 14.2 Å². The van der Waals surface area contributed by atoms with E-state index in [1.54, 1.807) is 0 Å². The highest BCUT2D eigenvalue weighted by Crippen LogP contribution is 2.15. The van der Waals surface area contributed by atoms with Crippen LogP contribution in [-0.4, -0.2) is 37.2 Å². The van der Waals surface area contributed by atoms with Crippen LogP contribution in [0.2, 0.25) is 0 Å². The molecule has 6 heteroatoms. The summed E-state index contributed by atoms with van der Waals surface area (Å²) in [6.07, 6.45) is 78.2. The SMILES string of the molecule is CC/C=C\C/C=C\C/C=C\C/C=C\CCCCCCC(=O)OC[C@H](COC(=O)CCCCCCCCCCC/C=C\CCCCCCCC)OC(=O)CCCCCC/C=C\C/C=C\C/C=C\CCCCC. The fourth-order valence-corrected chi connectivity index (χ4v) is 8.08. The minimum Gasteiger partial charge on any atom is -0.462 e. The number of esters is 3. The molecule has 0 aromatic carbocycles. The second kappa shape index (κ2) is 58.9. The maximum atomic E-state index is 12.9. The van der Waals surface area contributed by atoms with Crippen LogP contribution in [0, 0.1) is 0 Å². The lowest BCUT2D eigenvalue weighted by Crippen LogP contribution is -2.30. The van der Waals surface area contributed by atoms with Crippen molar-refractivity contribution >= 4 is 17.9 Å². The molecule has 0 saturated carbocycles. The van der Waals surface area contributed by atoms with Crippen LogP contribution >= 0.6 is 0 Å². The highest BCUT2D eigenvalue weighted by Gasteiger charge is 2.19. The van der Waals surface area contributed by atoms with Gasteiger partial charge >= 0.3 is 17.9 Å². The zero-order valence-corrected chi connectivity index (χ0v) is 46.5. The first-order valence-corrected chi connectivity index (χ1v) is 29.7. The van der Waals surface area contributed by atoms with Gasteiger partial charge in [0.25, 0.3) is 0 Å². The Morgan fingerprint density at radius 2 is 0.549 bits per heavy atom. The van der Waals surface area contributed by atoms with Crippen molar-refractivity contribution < 1.29 is 28.6 Å². The van der Waals surface area contributed by atoms with E-state index in [-0.39, 0.29) is 31.1 Å². The van der Waals surface area contributed by atoms with Gasteiger partial charge in [0.2, 0.25) is 0 Å². The van der Waals surface area contributed by atoms with Gasteiger partial charge < -0.3 is 14.2 Å². The zero-order chi connectivity index (χ0) is 51.4. The Labute approximate surface area is 438 Å². The van der Waals surface area contributed by atoms with Gasteiger partial charge in [0, 0.05) is 19.3 Å². The Morgan fingerprint density at radius 1 is 0.296 bits per heavy atom. The number of allylic oxidation sites excluding steroid dienone is 16. The number of ether oxygens (including phenoxy) is 3. The minimum atomic E-state index is -0.802. The molecule has 0 rings (SSSR count). The monoisotopic (exact) mass is 987 g/mol. The third-order valence-electron chi connectivity index (χ3n) is 12.5. The molecule has 0 aliphatic carbocycles. The number of hydrogen-bond acceptors (Lipinski definition) is 6. The van der Waals surface area contributed by atoms with Crippen LogP contribution in [0.3, 0.4) is 0 Å². The first kappa shape index (κ1) is 67.3. The quantitative estimate of drug-likeness (QED) is 0.0261. The number of carbonyl (C=O) groups is 3. The number of rotatable bonds is 53. The molecule has 0 amide bonds. The minimum absolute atomic E-state index is 0.0959. The molecule has 0 bridgehead atoms. The molecule has 0 aliphatic rings. The molecule has 0 aliphatic heterocycles. The Hall–Kier alpha value is -3.67. The van der Waals surface area contributed by atoms with Crippen molar-refractivity contribution in [3.8, 4) is 0 Å². The predicted molar refractivity (Wildman–Crippen MR) is 307 cm³/mol. The lowest BCUT2D eigenvalue weighted by atomic mass is 10.1. The summed E-state index contributed by atoms with van der Waals surface area (Å²) < 4.78 is 16.9. The van der Waals surface area contributed by atoms with Gasteiger partial charge in [0.15, 0.2) is 6.10 Å². The molecule has 0 heterocycles. The van der Waals surface area contributed by atoms with E-state index in [0.717, 1.165) is 122 Å². The summed E-state index contributed by atoms with van der Waals surface area (Å²) in [6.45, 7) is 6.47. The van der Waals surface area contributed by atoms with Crippen LogP contribution in [-0.2, 0) is 28.6 Å². The summed E-state index contributed by atoms with van der Waals surface area (Å²) in [5.41, 5.74) is 0. The van der Waals surface area contributed by atoms with Gasteiger partial charge in [-0.05, 0) is 122 Å². The Balaban J connectivity index is 4.46. The first-order valence-electron chi connectivity index (χ1n) is 29.7. The predicted octanol–water partition coefficient (Wildman–Crippen LogP) is 20.1. The second-order valence-electron chi connectivity index (χ2n) is 19.5. The normalized spacial score (nSPS) is 12.8. The molecule has 0 radical (unpaired) electrons. The van der Waals surface area contributed by atoms with Gasteiger partial charge in [-0.15, -0.1) is 0 Å². The van der Waals surface area contributed by atoms with Crippen LogP contribution < -0.4 is 0 Å². The van der Waals surface area contributed by atoms with E-state index >= 15 is 0 Å².